The zero-order valence-electron chi connectivity index (χ0n) is 28.8. The van der Waals surface area contributed by atoms with E-state index in [2.05, 4.69) is 4.90 Å². The summed E-state index contributed by atoms with van der Waals surface area (Å²) < 4.78 is 59.2. The van der Waals surface area contributed by atoms with Gasteiger partial charge in [0.2, 0.25) is 11.8 Å². The molecule has 0 radical (unpaired) electrons. The van der Waals surface area contributed by atoms with Crippen LogP contribution in [0.5, 0.6) is 5.75 Å². The summed E-state index contributed by atoms with van der Waals surface area (Å²) in [6.07, 6.45) is 3.50. The Morgan fingerprint density at radius 1 is 0.865 bits per heavy atom. The zero-order chi connectivity index (χ0) is 36.1. The van der Waals surface area contributed by atoms with Gasteiger partial charge >= 0.3 is 12.6 Å². The monoisotopic (exact) mass is 710 g/mol. The highest BCUT2D eigenvalue weighted by atomic mass is 19.3. The summed E-state index contributed by atoms with van der Waals surface area (Å²) in [5, 5.41) is 9.64. The number of likely N-dealkylation sites (tertiary alicyclic amines) is 2. The predicted octanol–water partition coefficient (Wildman–Crippen LogP) is 8.97. The maximum absolute atomic E-state index is 15.2. The molecule has 0 amide bonds. The standard InChI is InChI=1S/C40H37F3N4O5/c1-22-26(27-9-6-11-29(23(27)2)38-45-32-17-24(16-30(41)36(32)52-38)20-46-13-3-4-14-46)8-5-10-28(22)37-44-31-18-25(21-47-15-7-12-33(47)39(48)49)34(51-40(42)43)19-35(31)50-37/h5-6,8-11,16-19,33,40H,3-4,7,12-15,20-21H2,1-2H3,(H,48,49)/t33-/m0/s1. The smallest absolute Gasteiger partial charge is 0.387 e. The Kier molecular flexibility index (Phi) is 8.96. The Balaban J connectivity index is 1.13. The summed E-state index contributed by atoms with van der Waals surface area (Å²) in [4.78, 5) is 25.3. The first-order valence-corrected chi connectivity index (χ1v) is 17.5. The molecule has 2 aliphatic heterocycles. The quantitative estimate of drug-likeness (QED) is 0.149. The molecule has 4 heterocycles. The number of carbonyl (C=O) groups is 1. The third-order valence-corrected chi connectivity index (χ3v) is 10.3. The van der Waals surface area contributed by atoms with Crippen molar-refractivity contribution < 1.29 is 36.6 Å². The average molecular weight is 711 g/mol. The summed E-state index contributed by atoms with van der Waals surface area (Å²) >= 11 is 0. The van der Waals surface area contributed by atoms with Crippen LogP contribution in [0.4, 0.5) is 13.2 Å². The summed E-state index contributed by atoms with van der Waals surface area (Å²) in [5.74, 6) is -0.824. The molecule has 2 fully saturated rings. The second-order valence-corrected chi connectivity index (χ2v) is 13.7. The van der Waals surface area contributed by atoms with Crippen molar-refractivity contribution >= 4 is 28.2 Å². The molecule has 4 aromatic carbocycles. The van der Waals surface area contributed by atoms with Gasteiger partial charge in [0, 0.05) is 35.8 Å². The van der Waals surface area contributed by atoms with E-state index in [0.29, 0.717) is 59.9 Å². The zero-order valence-corrected chi connectivity index (χ0v) is 28.8. The van der Waals surface area contributed by atoms with Gasteiger partial charge in [-0.15, -0.1) is 0 Å². The largest absolute Gasteiger partial charge is 0.480 e. The van der Waals surface area contributed by atoms with Crippen LogP contribution in [0.15, 0.2) is 69.5 Å². The number of nitrogens with zero attached hydrogens (tertiary/aromatic N) is 4. The van der Waals surface area contributed by atoms with Crippen molar-refractivity contribution in [3.8, 4) is 39.8 Å². The third kappa shape index (κ3) is 6.41. The highest BCUT2D eigenvalue weighted by Crippen LogP contribution is 2.39. The minimum atomic E-state index is -3.07. The molecule has 268 valence electrons. The van der Waals surface area contributed by atoms with E-state index in [4.69, 9.17) is 23.5 Å². The molecule has 0 spiro atoms. The van der Waals surface area contributed by atoms with Crippen molar-refractivity contribution in [3.63, 3.8) is 0 Å². The molecule has 0 aliphatic carbocycles. The first-order valence-electron chi connectivity index (χ1n) is 17.5. The number of rotatable bonds is 10. The normalized spacial score (nSPS) is 16.9. The number of fused-ring (bicyclic) bond motifs is 2. The Bertz CT molecular complexity index is 2310. The fourth-order valence-corrected chi connectivity index (χ4v) is 7.73. The van der Waals surface area contributed by atoms with Crippen LogP contribution in [0.1, 0.15) is 47.9 Å². The fraction of sp³-hybridized carbons (Fsp3) is 0.325. The summed E-state index contributed by atoms with van der Waals surface area (Å²) in [6, 6.07) is 17.3. The van der Waals surface area contributed by atoms with Gasteiger partial charge < -0.3 is 18.7 Å². The predicted molar refractivity (Wildman–Crippen MR) is 190 cm³/mol. The SMILES string of the molecule is Cc1c(-c2nc3cc(CN4CCC[C@H]4C(=O)O)c(OC(F)F)cc3o2)cccc1-c1cccc(-c2nc3cc(CN4CCCC4)cc(F)c3o2)c1C. The van der Waals surface area contributed by atoms with Crippen molar-refractivity contribution in [2.45, 2.75) is 65.3 Å². The van der Waals surface area contributed by atoms with Crippen LogP contribution >= 0.6 is 0 Å². The summed E-state index contributed by atoms with van der Waals surface area (Å²) in [6.45, 7) is 4.21. The van der Waals surface area contributed by atoms with E-state index >= 15 is 4.39 Å². The van der Waals surface area contributed by atoms with Crippen LogP contribution in [-0.4, -0.2) is 63.1 Å². The van der Waals surface area contributed by atoms with Gasteiger partial charge in [-0.05, 0) is 117 Å². The molecular formula is C40H37F3N4O5. The highest BCUT2D eigenvalue weighted by Gasteiger charge is 2.31. The molecule has 1 N–H and O–H groups in total. The van der Waals surface area contributed by atoms with Crippen LogP contribution in [-0.2, 0) is 17.9 Å². The molecule has 6 aromatic rings. The van der Waals surface area contributed by atoms with Gasteiger partial charge in [-0.3, -0.25) is 14.6 Å². The number of oxazole rings is 2. The number of aliphatic carboxylic acids is 1. The van der Waals surface area contributed by atoms with Gasteiger partial charge in [-0.1, -0.05) is 24.3 Å². The van der Waals surface area contributed by atoms with Gasteiger partial charge in [-0.25, -0.2) is 14.4 Å². The minimum Gasteiger partial charge on any atom is -0.480 e. The van der Waals surface area contributed by atoms with Crippen LogP contribution in [0.25, 0.3) is 56.2 Å². The number of hydrogen-bond acceptors (Lipinski definition) is 8. The number of carboxylic acid groups (broad SMARTS) is 1. The number of ether oxygens (including phenoxy) is 1. The number of hydrogen-bond donors (Lipinski definition) is 1. The fourth-order valence-electron chi connectivity index (χ4n) is 7.73. The second kappa shape index (κ2) is 13.7. The topological polar surface area (TPSA) is 105 Å². The molecule has 52 heavy (non-hydrogen) atoms. The minimum absolute atomic E-state index is 0.0824. The second-order valence-electron chi connectivity index (χ2n) is 13.7. The average Bonchev–Trinajstić information content (AvgIpc) is 3.93. The molecular weight excluding hydrogens is 673 g/mol. The maximum atomic E-state index is 15.2. The lowest BCUT2D eigenvalue weighted by molar-refractivity contribution is -0.142. The molecule has 9 nitrogen and oxygen atoms in total. The first-order chi connectivity index (χ1) is 25.1. The van der Waals surface area contributed by atoms with E-state index in [1.807, 2.05) is 56.3 Å². The molecule has 0 saturated carbocycles. The molecule has 0 bridgehead atoms. The number of halogens is 3. The molecule has 12 heteroatoms. The van der Waals surface area contributed by atoms with Crippen LogP contribution < -0.4 is 4.74 Å². The Labute approximate surface area is 297 Å². The summed E-state index contributed by atoms with van der Waals surface area (Å²) in [5.41, 5.74) is 7.62. The molecule has 8 rings (SSSR count). The van der Waals surface area contributed by atoms with E-state index in [1.54, 1.807) is 11.0 Å². The van der Waals surface area contributed by atoms with Gasteiger partial charge in [0.15, 0.2) is 17.0 Å². The van der Waals surface area contributed by atoms with Crippen LogP contribution in [0.2, 0.25) is 0 Å². The lowest BCUT2D eigenvalue weighted by atomic mass is 9.91. The van der Waals surface area contributed by atoms with Crippen molar-refractivity contribution in [2.24, 2.45) is 0 Å². The Morgan fingerprint density at radius 3 is 2.19 bits per heavy atom. The molecule has 0 unspecified atom stereocenters. The van der Waals surface area contributed by atoms with E-state index < -0.39 is 24.4 Å². The van der Waals surface area contributed by atoms with Crippen molar-refractivity contribution in [1.29, 1.82) is 0 Å². The number of carboxylic acids is 1. The number of alkyl halides is 2. The van der Waals surface area contributed by atoms with E-state index in [-0.39, 0.29) is 23.5 Å². The summed E-state index contributed by atoms with van der Waals surface area (Å²) in [7, 11) is 0. The lowest BCUT2D eigenvalue weighted by Gasteiger charge is -2.22. The number of aromatic nitrogens is 2. The molecule has 2 aromatic heterocycles. The van der Waals surface area contributed by atoms with Crippen LogP contribution in [0.3, 0.4) is 0 Å². The number of benzene rings is 4. The molecule has 2 saturated heterocycles. The highest BCUT2D eigenvalue weighted by molar-refractivity contribution is 5.85. The maximum Gasteiger partial charge on any atom is 0.387 e. The van der Waals surface area contributed by atoms with Gasteiger partial charge in [0.1, 0.15) is 22.8 Å². The van der Waals surface area contributed by atoms with Gasteiger partial charge in [0.25, 0.3) is 0 Å². The van der Waals surface area contributed by atoms with Crippen LogP contribution in [0, 0.1) is 19.7 Å². The van der Waals surface area contributed by atoms with Gasteiger partial charge in [0.05, 0.1) is 0 Å². The van der Waals surface area contributed by atoms with Crippen molar-refractivity contribution in [3.05, 3.63) is 88.7 Å². The van der Waals surface area contributed by atoms with E-state index in [0.717, 1.165) is 59.3 Å². The van der Waals surface area contributed by atoms with Crippen molar-refractivity contribution in [2.75, 3.05) is 19.6 Å². The lowest BCUT2D eigenvalue weighted by Crippen LogP contribution is -2.35. The molecule has 2 aliphatic rings. The van der Waals surface area contributed by atoms with Gasteiger partial charge in [-0.2, -0.15) is 8.78 Å². The third-order valence-electron chi connectivity index (χ3n) is 10.3. The van der Waals surface area contributed by atoms with E-state index in [9.17, 15) is 18.7 Å². The Morgan fingerprint density at radius 2 is 1.52 bits per heavy atom. The molecule has 1 atom stereocenters. The Hall–Kier alpha value is -5.20. The first kappa shape index (κ1) is 33.9. The van der Waals surface area contributed by atoms with Crippen molar-refractivity contribution in [1.82, 2.24) is 19.8 Å². The van der Waals surface area contributed by atoms with E-state index in [1.165, 1.54) is 12.1 Å².